The van der Waals surface area contributed by atoms with Crippen LogP contribution in [-0.4, -0.2) is 44.3 Å². The molecule has 4 aromatic carbocycles. The van der Waals surface area contributed by atoms with Gasteiger partial charge in [-0.3, -0.25) is 13.9 Å². The summed E-state index contributed by atoms with van der Waals surface area (Å²) in [6.07, 6.45) is 0.244. The molecule has 1 unspecified atom stereocenters. The molecule has 4 aromatic rings. The third kappa shape index (κ3) is 8.03. The summed E-state index contributed by atoms with van der Waals surface area (Å²) < 4.78 is 29.4. The van der Waals surface area contributed by atoms with Crippen molar-refractivity contribution in [1.82, 2.24) is 10.2 Å². The zero-order valence-electron chi connectivity index (χ0n) is 24.5. The molecule has 1 atom stereocenters. The van der Waals surface area contributed by atoms with Crippen LogP contribution >= 0.6 is 11.6 Å². The molecule has 1 N–H and O–H groups in total. The first-order valence-corrected chi connectivity index (χ1v) is 15.9. The maximum Gasteiger partial charge on any atom is 0.264 e. The van der Waals surface area contributed by atoms with Gasteiger partial charge in [0, 0.05) is 24.5 Å². The molecule has 2 amide bonds. The van der Waals surface area contributed by atoms with Gasteiger partial charge in [-0.2, -0.15) is 0 Å². The smallest absolute Gasteiger partial charge is 0.264 e. The van der Waals surface area contributed by atoms with Gasteiger partial charge in [-0.1, -0.05) is 84.4 Å². The summed E-state index contributed by atoms with van der Waals surface area (Å²) in [6.45, 7) is 5.42. The first-order valence-electron chi connectivity index (χ1n) is 14.1. The van der Waals surface area contributed by atoms with Crippen molar-refractivity contribution in [2.75, 3.05) is 17.4 Å². The number of hydrogen-bond acceptors (Lipinski definition) is 4. The lowest BCUT2D eigenvalue weighted by Crippen LogP contribution is -2.53. The van der Waals surface area contributed by atoms with Crippen LogP contribution in [0, 0.1) is 13.8 Å². The average molecular weight is 618 g/mol. The van der Waals surface area contributed by atoms with E-state index in [1.54, 1.807) is 42.5 Å². The predicted octanol–water partition coefficient (Wildman–Crippen LogP) is 5.93. The largest absolute Gasteiger partial charge is 0.355 e. The summed E-state index contributed by atoms with van der Waals surface area (Å²) in [5, 5.41) is 3.36. The number of benzene rings is 4. The molecule has 0 bridgehead atoms. The van der Waals surface area contributed by atoms with E-state index in [0.29, 0.717) is 28.4 Å². The number of halogens is 1. The number of hydrogen-bond donors (Lipinski definition) is 1. The predicted molar refractivity (Wildman–Crippen MR) is 172 cm³/mol. The molecular formula is C34H36ClN3O4S. The van der Waals surface area contributed by atoms with Crippen LogP contribution in [0.3, 0.4) is 0 Å². The van der Waals surface area contributed by atoms with Crippen LogP contribution in [0.25, 0.3) is 0 Å². The molecule has 0 heterocycles. The minimum Gasteiger partial charge on any atom is -0.355 e. The van der Waals surface area contributed by atoms with Crippen molar-refractivity contribution < 1.29 is 18.0 Å². The summed E-state index contributed by atoms with van der Waals surface area (Å²) in [6, 6.07) is 29.1. The minimum absolute atomic E-state index is 0.0556. The fourth-order valence-corrected chi connectivity index (χ4v) is 6.60. The van der Waals surface area contributed by atoms with Crippen molar-refractivity contribution in [1.29, 1.82) is 0 Å². The Kier molecular flexibility index (Phi) is 10.6. The topological polar surface area (TPSA) is 86.8 Å². The van der Waals surface area contributed by atoms with Crippen LogP contribution in [0.4, 0.5) is 5.69 Å². The van der Waals surface area contributed by atoms with Crippen LogP contribution in [0.15, 0.2) is 108 Å². The number of nitrogens with one attached hydrogen (secondary N) is 1. The zero-order chi connectivity index (χ0) is 31.0. The monoisotopic (exact) mass is 617 g/mol. The lowest BCUT2D eigenvalue weighted by Gasteiger charge is -2.34. The van der Waals surface area contributed by atoms with E-state index in [1.807, 2.05) is 69.3 Å². The molecule has 9 heteroatoms. The highest BCUT2D eigenvalue weighted by Crippen LogP contribution is 2.29. The maximum absolute atomic E-state index is 14.4. The molecule has 224 valence electrons. The van der Waals surface area contributed by atoms with Gasteiger partial charge < -0.3 is 10.2 Å². The Bertz CT molecular complexity index is 1660. The minimum atomic E-state index is -4.15. The number of carbonyl (C=O) groups is 2. The number of rotatable bonds is 12. The Labute approximate surface area is 259 Å². The normalized spacial score (nSPS) is 11.9. The van der Waals surface area contributed by atoms with Gasteiger partial charge in [0.15, 0.2) is 0 Å². The molecule has 4 rings (SSSR count). The standard InChI is InChI=1S/C34H36ClN3O4S/c1-4-36-34(40)32(22-27-12-7-5-8-13-27)37(23-28-14-11-15-29(35)21-28)33(39)24-38(31-20-25(2)18-19-26(31)3)43(41,42)30-16-9-6-10-17-30/h5-21,32H,4,22-24H2,1-3H3,(H,36,40). The highest BCUT2D eigenvalue weighted by atomic mass is 35.5. The van der Waals surface area contributed by atoms with Crippen LogP contribution in [0.5, 0.6) is 0 Å². The number of nitrogens with zero attached hydrogens (tertiary/aromatic N) is 2. The van der Waals surface area contributed by atoms with Gasteiger partial charge in [0.05, 0.1) is 10.6 Å². The lowest BCUT2D eigenvalue weighted by molar-refractivity contribution is -0.140. The van der Waals surface area contributed by atoms with Crippen molar-refractivity contribution in [2.24, 2.45) is 0 Å². The van der Waals surface area contributed by atoms with E-state index in [2.05, 4.69) is 5.32 Å². The van der Waals surface area contributed by atoms with Crippen LogP contribution in [0.2, 0.25) is 5.02 Å². The Morgan fingerprint density at radius 1 is 0.837 bits per heavy atom. The number of anilines is 1. The van der Waals surface area contributed by atoms with E-state index in [1.165, 1.54) is 17.0 Å². The van der Waals surface area contributed by atoms with Gasteiger partial charge in [-0.05, 0) is 73.4 Å². The number of aryl methyl sites for hydroxylation is 2. The van der Waals surface area contributed by atoms with Gasteiger partial charge in [0.1, 0.15) is 12.6 Å². The van der Waals surface area contributed by atoms with E-state index in [4.69, 9.17) is 11.6 Å². The van der Waals surface area contributed by atoms with Gasteiger partial charge >= 0.3 is 0 Å². The molecule has 7 nitrogen and oxygen atoms in total. The molecule has 0 aliphatic carbocycles. The van der Waals surface area contributed by atoms with Gasteiger partial charge in [0.2, 0.25) is 11.8 Å². The van der Waals surface area contributed by atoms with Gasteiger partial charge in [-0.15, -0.1) is 0 Å². The van der Waals surface area contributed by atoms with Gasteiger partial charge in [-0.25, -0.2) is 8.42 Å². The number of amides is 2. The maximum atomic E-state index is 14.4. The Morgan fingerprint density at radius 3 is 2.14 bits per heavy atom. The molecule has 0 radical (unpaired) electrons. The van der Waals surface area contributed by atoms with E-state index >= 15 is 0 Å². The Morgan fingerprint density at radius 2 is 1.49 bits per heavy atom. The van der Waals surface area contributed by atoms with Crippen molar-refractivity contribution in [3.63, 3.8) is 0 Å². The molecule has 0 aliphatic rings. The van der Waals surface area contributed by atoms with E-state index in [-0.39, 0.29) is 23.8 Å². The number of likely N-dealkylation sites (N-methyl/N-ethyl adjacent to an activating group) is 1. The van der Waals surface area contributed by atoms with Crippen molar-refractivity contribution in [3.05, 3.63) is 130 Å². The van der Waals surface area contributed by atoms with Crippen LogP contribution in [0.1, 0.15) is 29.2 Å². The first kappa shape index (κ1) is 31.8. The van der Waals surface area contributed by atoms with Crippen LogP contribution < -0.4 is 9.62 Å². The van der Waals surface area contributed by atoms with Gasteiger partial charge in [0.25, 0.3) is 10.0 Å². The van der Waals surface area contributed by atoms with E-state index < -0.39 is 28.5 Å². The summed E-state index contributed by atoms with van der Waals surface area (Å²) >= 11 is 6.28. The number of sulfonamides is 1. The zero-order valence-corrected chi connectivity index (χ0v) is 26.1. The average Bonchev–Trinajstić information content (AvgIpc) is 3.00. The van der Waals surface area contributed by atoms with Crippen molar-refractivity contribution in [2.45, 2.75) is 44.7 Å². The Hall–Kier alpha value is -4.14. The summed E-state index contributed by atoms with van der Waals surface area (Å²) in [7, 11) is -4.15. The van der Waals surface area contributed by atoms with Crippen molar-refractivity contribution in [3.8, 4) is 0 Å². The second-order valence-electron chi connectivity index (χ2n) is 10.4. The van der Waals surface area contributed by atoms with E-state index in [9.17, 15) is 18.0 Å². The quantitative estimate of drug-likeness (QED) is 0.214. The molecule has 0 saturated heterocycles. The highest BCUT2D eigenvalue weighted by Gasteiger charge is 2.35. The third-order valence-corrected chi connectivity index (χ3v) is 9.12. The first-order chi connectivity index (χ1) is 20.6. The number of carbonyl (C=O) groups excluding carboxylic acids is 2. The highest BCUT2D eigenvalue weighted by molar-refractivity contribution is 7.92. The molecule has 0 spiro atoms. The fourth-order valence-electron chi connectivity index (χ4n) is 4.90. The molecule has 0 fully saturated rings. The van der Waals surface area contributed by atoms with E-state index in [0.717, 1.165) is 15.4 Å². The second-order valence-corrected chi connectivity index (χ2v) is 12.7. The van der Waals surface area contributed by atoms with Crippen molar-refractivity contribution >= 4 is 39.1 Å². The summed E-state index contributed by atoms with van der Waals surface area (Å²) in [5.74, 6) is -0.849. The molecular weight excluding hydrogens is 582 g/mol. The molecule has 0 saturated carbocycles. The second kappa shape index (κ2) is 14.4. The summed E-state index contributed by atoms with van der Waals surface area (Å²) in [4.78, 5) is 29.5. The lowest BCUT2D eigenvalue weighted by atomic mass is 10.0. The summed E-state index contributed by atoms with van der Waals surface area (Å²) in [5.41, 5.74) is 3.53. The third-order valence-electron chi connectivity index (χ3n) is 7.11. The fraction of sp³-hybridized carbons (Fsp3) is 0.235. The van der Waals surface area contributed by atoms with Crippen LogP contribution in [-0.2, 0) is 32.6 Å². The molecule has 43 heavy (non-hydrogen) atoms. The Balaban J connectivity index is 1.82. The molecule has 0 aliphatic heterocycles. The molecule has 0 aromatic heterocycles. The SMILES string of the molecule is CCNC(=O)C(Cc1ccccc1)N(Cc1cccc(Cl)c1)C(=O)CN(c1cc(C)ccc1C)S(=O)(=O)c1ccccc1.